The molecular weight excluding hydrogens is 194 g/mol. The molecule has 1 aliphatic rings. The van der Waals surface area contributed by atoms with Crippen LogP contribution in [0.1, 0.15) is 32.6 Å². The van der Waals surface area contributed by atoms with Crippen LogP contribution in [0.3, 0.4) is 0 Å². The SMILES string of the molecule is COCC(C)NC1CCC(SC)CC1. The Balaban J connectivity index is 2.15. The minimum absolute atomic E-state index is 0.496. The lowest BCUT2D eigenvalue weighted by atomic mass is 9.94. The van der Waals surface area contributed by atoms with Crippen molar-refractivity contribution in [1.29, 1.82) is 0 Å². The van der Waals surface area contributed by atoms with Gasteiger partial charge in [0.25, 0.3) is 0 Å². The van der Waals surface area contributed by atoms with E-state index in [4.69, 9.17) is 4.74 Å². The van der Waals surface area contributed by atoms with Gasteiger partial charge in [0.2, 0.25) is 0 Å². The minimum atomic E-state index is 0.496. The fourth-order valence-electron chi connectivity index (χ4n) is 2.17. The largest absolute Gasteiger partial charge is 0.383 e. The van der Waals surface area contributed by atoms with Gasteiger partial charge in [-0.3, -0.25) is 0 Å². The molecule has 0 spiro atoms. The first-order valence-electron chi connectivity index (χ1n) is 5.54. The standard InChI is InChI=1S/C11H23NOS/c1-9(8-13-2)12-10-4-6-11(14-3)7-5-10/h9-12H,4-8H2,1-3H3. The first-order valence-corrected chi connectivity index (χ1v) is 6.82. The van der Waals surface area contributed by atoms with E-state index in [0.29, 0.717) is 6.04 Å². The number of ether oxygens (including phenoxy) is 1. The van der Waals surface area contributed by atoms with Crippen LogP contribution in [0.2, 0.25) is 0 Å². The number of hydrogen-bond donors (Lipinski definition) is 1. The second-order valence-corrected chi connectivity index (χ2v) is 5.37. The second kappa shape index (κ2) is 6.70. The quantitative estimate of drug-likeness (QED) is 0.763. The van der Waals surface area contributed by atoms with Gasteiger partial charge in [-0.15, -0.1) is 0 Å². The molecule has 1 saturated carbocycles. The number of hydrogen-bond acceptors (Lipinski definition) is 3. The van der Waals surface area contributed by atoms with Crippen molar-refractivity contribution >= 4 is 11.8 Å². The minimum Gasteiger partial charge on any atom is -0.383 e. The lowest BCUT2D eigenvalue weighted by molar-refractivity contribution is 0.162. The van der Waals surface area contributed by atoms with Crippen molar-refractivity contribution in [3.63, 3.8) is 0 Å². The Bertz CT molecular complexity index is 146. The number of thioether (sulfide) groups is 1. The smallest absolute Gasteiger partial charge is 0.0613 e. The van der Waals surface area contributed by atoms with Crippen molar-refractivity contribution in [2.24, 2.45) is 0 Å². The highest BCUT2D eigenvalue weighted by Crippen LogP contribution is 2.26. The molecule has 14 heavy (non-hydrogen) atoms. The van der Waals surface area contributed by atoms with Gasteiger partial charge < -0.3 is 10.1 Å². The van der Waals surface area contributed by atoms with Crippen molar-refractivity contribution in [2.75, 3.05) is 20.0 Å². The molecular formula is C11H23NOS. The van der Waals surface area contributed by atoms with Gasteiger partial charge in [-0.05, 0) is 38.9 Å². The molecule has 1 aliphatic carbocycles. The van der Waals surface area contributed by atoms with E-state index >= 15 is 0 Å². The summed E-state index contributed by atoms with van der Waals surface area (Å²) in [7, 11) is 1.77. The summed E-state index contributed by atoms with van der Waals surface area (Å²) in [5.41, 5.74) is 0. The van der Waals surface area contributed by atoms with Gasteiger partial charge in [-0.1, -0.05) is 0 Å². The molecule has 0 aromatic rings. The molecule has 84 valence electrons. The average molecular weight is 217 g/mol. The zero-order valence-corrected chi connectivity index (χ0v) is 10.4. The Morgan fingerprint density at radius 3 is 2.50 bits per heavy atom. The lowest BCUT2D eigenvalue weighted by Crippen LogP contribution is -2.41. The number of nitrogens with one attached hydrogen (secondary N) is 1. The Labute approximate surface area is 92.2 Å². The Morgan fingerprint density at radius 2 is 2.00 bits per heavy atom. The monoisotopic (exact) mass is 217 g/mol. The molecule has 2 nitrogen and oxygen atoms in total. The summed E-state index contributed by atoms with van der Waals surface area (Å²) in [5.74, 6) is 0. The first kappa shape index (κ1) is 12.3. The zero-order valence-electron chi connectivity index (χ0n) is 9.58. The molecule has 0 aromatic carbocycles. The van der Waals surface area contributed by atoms with Gasteiger partial charge in [-0.25, -0.2) is 0 Å². The summed E-state index contributed by atoms with van der Waals surface area (Å²) in [6, 6.07) is 1.22. The number of rotatable bonds is 5. The molecule has 1 fully saturated rings. The summed E-state index contributed by atoms with van der Waals surface area (Å²) in [6.07, 6.45) is 7.64. The maximum absolute atomic E-state index is 5.12. The van der Waals surface area contributed by atoms with Gasteiger partial charge in [0, 0.05) is 24.4 Å². The topological polar surface area (TPSA) is 21.3 Å². The van der Waals surface area contributed by atoms with E-state index < -0.39 is 0 Å². The van der Waals surface area contributed by atoms with Crippen LogP contribution in [0.25, 0.3) is 0 Å². The predicted octanol–water partition coefficient (Wildman–Crippen LogP) is 2.29. The van der Waals surface area contributed by atoms with E-state index in [1.807, 2.05) is 11.8 Å². The third-order valence-corrected chi connectivity index (χ3v) is 4.08. The van der Waals surface area contributed by atoms with Crippen LogP contribution < -0.4 is 5.32 Å². The summed E-state index contributed by atoms with van der Waals surface area (Å²) >= 11 is 2.02. The molecule has 0 saturated heterocycles. The molecule has 1 N–H and O–H groups in total. The van der Waals surface area contributed by atoms with Gasteiger partial charge in [0.05, 0.1) is 6.61 Å². The third-order valence-electron chi connectivity index (χ3n) is 2.94. The molecule has 1 unspecified atom stereocenters. The van der Waals surface area contributed by atoms with Crippen molar-refractivity contribution in [1.82, 2.24) is 5.32 Å². The van der Waals surface area contributed by atoms with E-state index in [1.54, 1.807) is 7.11 Å². The zero-order chi connectivity index (χ0) is 10.4. The molecule has 0 aliphatic heterocycles. The maximum Gasteiger partial charge on any atom is 0.0613 e. The Hall–Kier alpha value is 0.270. The Kier molecular flexibility index (Phi) is 5.90. The molecule has 1 rings (SSSR count). The first-order chi connectivity index (χ1) is 6.76. The molecule has 1 atom stereocenters. The van der Waals surface area contributed by atoms with E-state index in [9.17, 15) is 0 Å². The number of methoxy groups -OCH3 is 1. The molecule has 0 aromatic heterocycles. The van der Waals surface area contributed by atoms with Gasteiger partial charge in [-0.2, -0.15) is 11.8 Å². The van der Waals surface area contributed by atoms with Crippen molar-refractivity contribution in [3.8, 4) is 0 Å². The van der Waals surface area contributed by atoms with E-state index in [1.165, 1.54) is 25.7 Å². The van der Waals surface area contributed by atoms with Crippen LogP contribution >= 0.6 is 11.8 Å². The van der Waals surface area contributed by atoms with Crippen LogP contribution in [-0.2, 0) is 4.74 Å². The van der Waals surface area contributed by atoms with Gasteiger partial charge in [0.15, 0.2) is 0 Å². The van der Waals surface area contributed by atoms with Crippen molar-refractivity contribution < 1.29 is 4.74 Å². The third kappa shape index (κ3) is 4.20. The summed E-state index contributed by atoms with van der Waals surface area (Å²) in [6.45, 7) is 3.02. The summed E-state index contributed by atoms with van der Waals surface area (Å²) in [4.78, 5) is 0. The molecule has 0 bridgehead atoms. The second-order valence-electron chi connectivity index (χ2n) is 4.23. The maximum atomic E-state index is 5.12. The fraction of sp³-hybridized carbons (Fsp3) is 1.00. The summed E-state index contributed by atoms with van der Waals surface area (Å²) in [5, 5.41) is 4.54. The predicted molar refractivity (Wildman–Crippen MR) is 64.0 cm³/mol. The van der Waals surface area contributed by atoms with Crippen LogP contribution in [0.15, 0.2) is 0 Å². The molecule has 0 radical (unpaired) electrons. The van der Waals surface area contributed by atoms with Crippen LogP contribution in [0.5, 0.6) is 0 Å². The van der Waals surface area contributed by atoms with Gasteiger partial charge >= 0.3 is 0 Å². The van der Waals surface area contributed by atoms with Crippen LogP contribution in [0.4, 0.5) is 0 Å². The summed E-state index contributed by atoms with van der Waals surface area (Å²) < 4.78 is 5.12. The van der Waals surface area contributed by atoms with Crippen molar-refractivity contribution in [3.05, 3.63) is 0 Å². The van der Waals surface area contributed by atoms with E-state index in [0.717, 1.165) is 17.9 Å². The van der Waals surface area contributed by atoms with E-state index in [2.05, 4.69) is 18.5 Å². The van der Waals surface area contributed by atoms with E-state index in [-0.39, 0.29) is 0 Å². The molecule has 0 heterocycles. The highest BCUT2D eigenvalue weighted by atomic mass is 32.2. The highest BCUT2D eigenvalue weighted by molar-refractivity contribution is 7.99. The van der Waals surface area contributed by atoms with Crippen LogP contribution in [0, 0.1) is 0 Å². The normalized spacial score (nSPS) is 30.2. The lowest BCUT2D eigenvalue weighted by Gasteiger charge is -2.30. The molecule has 3 heteroatoms. The van der Waals surface area contributed by atoms with Gasteiger partial charge in [0.1, 0.15) is 0 Å². The Morgan fingerprint density at radius 1 is 1.36 bits per heavy atom. The highest BCUT2D eigenvalue weighted by Gasteiger charge is 2.21. The van der Waals surface area contributed by atoms with Crippen LogP contribution in [-0.4, -0.2) is 37.3 Å². The fourth-order valence-corrected chi connectivity index (χ4v) is 2.91. The molecule has 0 amide bonds. The average Bonchev–Trinajstić information content (AvgIpc) is 2.19. The van der Waals surface area contributed by atoms with Crippen molar-refractivity contribution in [2.45, 2.75) is 49.9 Å².